The van der Waals surface area contributed by atoms with E-state index >= 15 is 0 Å². The molecule has 98 valence electrons. The molecular formula is C14H11N5O. The van der Waals surface area contributed by atoms with Crippen molar-refractivity contribution in [2.24, 2.45) is 0 Å². The first-order valence-corrected chi connectivity index (χ1v) is 5.96. The third-order valence-electron chi connectivity index (χ3n) is 2.88. The van der Waals surface area contributed by atoms with E-state index in [4.69, 9.17) is 5.73 Å². The van der Waals surface area contributed by atoms with E-state index in [2.05, 4.69) is 20.3 Å². The van der Waals surface area contributed by atoms with E-state index in [1.807, 2.05) is 24.3 Å². The van der Waals surface area contributed by atoms with Crippen LogP contribution >= 0.6 is 0 Å². The Hall–Kier alpha value is -3.02. The molecule has 0 fully saturated rings. The molecule has 20 heavy (non-hydrogen) atoms. The van der Waals surface area contributed by atoms with Gasteiger partial charge in [-0.25, -0.2) is 9.97 Å². The van der Waals surface area contributed by atoms with Crippen molar-refractivity contribution in [3.63, 3.8) is 0 Å². The molecular weight excluding hydrogens is 254 g/mol. The highest BCUT2D eigenvalue weighted by atomic mass is 16.1. The lowest BCUT2D eigenvalue weighted by Crippen LogP contribution is -2.14. The number of hydrogen-bond acceptors (Lipinski definition) is 5. The highest BCUT2D eigenvalue weighted by molar-refractivity contribution is 6.13. The number of fused-ring (bicyclic) bond motifs is 1. The maximum Gasteiger partial charge on any atom is 0.259 e. The number of rotatable bonds is 2. The minimum absolute atomic E-state index is 0.297. The number of anilines is 2. The maximum atomic E-state index is 12.3. The summed E-state index contributed by atoms with van der Waals surface area (Å²) in [6.07, 6.45) is 5.99. The second-order valence-corrected chi connectivity index (χ2v) is 4.15. The summed E-state index contributed by atoms with van der Waals surface area (Å²) in [5, 5.41) is 4.18. The topological polar surface area (TPSA) is 93.8 Å². The molecule has 2 aromatic heterocycles. The molecule has 3 aromatic rings. The molecule has 1 amide bonds. The molecule has 0 unspecified atom stereocenters. The number of benzene rings is 1. The van der Waals surface area contributed by atoms with Gasteiger partial charge in [-0.1, -0.05) is 24.3 Å². The number of nitrogens with one attached hydrogen (secondary N) is 1. The number of pyridine rings is 1. The first-order chi connectivity index (χ1) is 9.75. The van der Waals surface area contributed by atoms with Gasteiger partial charge in [-0.2, -0.15) is 0 Å². The van der Waals surface area contributed by atoms with Gasteiger partial charge in [0.15, 0.2) is 5.82 Å². The molecule has 0 aliphatic rings. The average molecular weight is 265 g/mol. The number of hydrogen-bond donors (Lipinski definition) is 2. The number of nitrogens with zero attached hydrogens (tertiary/aromatic N) is 3. The molecule has 0 aliphatic carbocycles. The van der Waals surface area contributed by atoms with Crippen LogP contribution in [0.1, 0.15) is 10.4 Å². The molecule has 0 bridgehead atoms. The monoisotopic (exact) mass is 265 g/mol. The molecule has 0 aliphatic heterocycles. The highest BCUT2D eigenvalue weighted by Crippen LogP contribution is 2.22. The Morgan fingerprint density at radius 3 is 2.60 bits per heavy atom. The van der Waals surface area contributed by atoms with Crippen LogP contribution in [0.2, 0.25) is 0 Å². The summed E-state index contributed by atoms with van der Waals surface area (Å²) in [5.74, 6) is 0.490. The van der Waals surface area contributed by atoms with Gasteiger partial charge in [0.05, 0.1) is 11.8 Å². The van der Waals surface area contributed by atoms with E-state index in [-0.39, 0.29) is 5.91 Å². The quantitative estimate of drug-likeness (QED) is 0.737. The lowest BCUT2D eigenvalue weighted by atomic mass is 10.1. The van der Waals surface area contributed by atoms with Gasteiger partial charge in [0.25, 0.3) is 5.91 Å². The minimum Gasteiger partial charge on any atom is -0.383 e. The van der Waals surface area contributed by atoms with Crippen LogP contribution in [0, 0.1) is 0 Å². The van der Waals surface area contributed by atoms with E-state index in [0.29, 0.717) is 17.2 Å². The number of nitrogen functional groups attached to an aromatic ring is 1. The summed E-state index contributed by atoms with van der Waals surface area (Å²) in [6.45, 7) is 0. The van der Waals surface area contributed by atoms with E-state index in [0.717, 1.165) is 10.8 Å². The highest BCUT2D eigenvalue weighted by Gasteiger charge is 2.12. The van der Waals surface area contributed by atoms with Crippen LogP contribution in [0.15, 0.2) is 49.1 Å². The predicted octanol–water partition coefficient (Wildman–Crippen LogP) is 1.86. The lowest BCUT2D eigenvalue weighted by Gasteiger charge is -2.08. The normalized spacial score (nSPS) is 10.4. The van der Waals surface area contributed by atoms with Crippen molar-refractivity contribution >= 4 is 28.3 Å². The molecule has 0 saturated heterocycles. The van der Waals surface area contributed by atoms with Crippen LogP contribution in [0.25, 0.3) is 10.8 Å². The second-order valence-electron chi connectivity index (χ2n) is 4.15. The fourth-order valence-corrected chi connectivity index (χ4v) is 1.94. The van der Waals surface area contributed by atoms with Crippen molar-refractivity contribution in [2.45, 2.75) is 0 Å². The number of nitrogens with two attached hydrogens (primary N) is 1. The van der Waals surface area contributed by atoms with Crippen molar-refractivity contribution in [3.8, 4) is 0 Å². The van der Waals surface area contributed by atoms with Crippen LogP contribution in [0.3, 0.4) is 0 Å². The Labute approximate surface area is 114 Å². The van der Waals surface area contributed by atoms with Gasteiger partial charge in [-0.05, 0) is 5.39 Å². The Kier molecular flexibility index (Phi) is 2.96. The summed E-state index contributed by atoms with van der Waals surface area (Å²) < 4.78 is 0. The zero-order valence-electron chi connectivity index (χ0n) is 10.4. The van der Waals surface area contributed by atoms with Gasteiger partial charge in [-0.15, -0.1) is 0 Å². The van der Waals surface area contributed by atoms with Gasteiger partial charge in [-0.3, -0.25) is 9.78 Å². The molecule has 0 atom stereocenters. The van der Waals surface area contributed by atoms with Gasteiger partial charge in [0, 0.05) is 24.0 Å². The minimum atomic E-state index is -0.297. The average Bonchev–Trinajstić information content (AvgIpc) is 2.49. The Bertz CT molecular complexity index is 773. The van der Waals surface area contributed by atoms with Crippen molar-refractivity contribution in [3.05, 3.63) is 54.6 Å². The fourth-order valence-electron chi connectivity index (χ4n) is 1.94. The Morgan fingerprint density at radius 1 is 1.05 bits per heavy atom. The molecule has 2 heterocycles. The standard InChI is InChI=1S/C14H11N5O/c15-13-10-4-2-1-3-9(10)11(7-18-13)14(20)19-12-8-16-5-6-17-12/h1-8H,(H2,15,18)(H,17,19,20). The van der Waals surface area contributed by atoms with E-state index in [1.54, 1.807) is 0 Å². The Balaban J connectivity index is 2.02. The summed E-state index contributed by atoms with van der Waals surface area (Å²) >= 11 is 0. The summed E-state index contributed by atoms with van der Waals surface area (Å²) in [4.78, 5) is 24.2. The summed E-state index contributed by atoms with van der Waals surface area (Å²) in [5.41, 5.74) is 6.26. The van der Waals surface area contributed by atoms with E-state index in [9.17, 15) is 4.79 Å². The second kappa shape index (κ2) is 4.93. The molecule has 6 heteroatoms. The van der Waals surface area contributed by atoms with Crippen LogP contribution in [0.5, 0.6) is 0 Å². The van der Waals surface area contributed by atoms with E-state index < -0.39 is 0 Å². The predicted molar refractivity (Wildman–Crippen MR) is 76.1 cm³/mol. The van der Waals surface area contributed by atoms with Crippen LogP contribution in [-0.4, -0.2) is 20.9 Å². The van der Waals surface area contributed by atoms with Gasteiger partial charge < -0.3 is 11.1 Å². The van der Waals surface area contributed by atoms with Gasteiger partial charge in [0.1, 0.15) is 5.82 Å². The molecule has 1 aromatic carbocycles. The number of carbonyl (C=O) groups is 1. The number of amides is 1. The fraction of sp³-hybridized carbons (Fsp3) is 0. The zero-order chi connectivity index (χ0) is 13.9. The molecule has 3 N–H and O–H groups in total. The number of aromatic nitrogens is 3. The molecule has 0 saturated carbocycles. The first-order valence-electron chi connectivity index (χ1n) is 5.96. The van der Waals surface area contributed by atoms with Gasteiger partial charge in [0.2, 0.25) is 0 Å². The molecule has 3 rings (SSSR count). The van der Waals surface area contributed by atoms with Crippen molar-refractivity contribution < 1.29 is 4.79 Å². The SMILES string of the molecule is Nc1ncc(C(=O)Nc2cnccn2)c2ccccc12. The summed E-state index contributed by atoms with van der Waals surface area (Å²) in [7, 11) is 0. The molecule has 0 radical (unpaired) electrons. The van der Waals surface area contributed by atoms with Crippen LogP contribution in [0.4, 0.5) is 11.6 Å². The number of carbonyl (C=O) groups excluding carboxylic acids is 1. The van der Waals surface area contributed by atoms with Crippen LogP contribution < -0.4 is 11.1 Å². The third kappa shape index (κ3) is 2.14. The third-order valence-corrected chi connectivity index (χ3v) is 2.88. The maximum absolute atomic E-state index is 12.3. The van der Waals surface area contributed by atoms with Crippen LogP contribution in [-0.2, 0) is 0 Å². The lowest BCUT2D eigenvalue weighted by molar-refractivity contribution is 0.102. The zero-order valence-corrected chi connectivity index (χ0v) is 10.4. The molecule has 0 spiro atoms. The summed E-state index contributed by atoms with van der Waals surface area (Å²) in [6, 6.07) is 7.36. The first kappa shape index (κ1) is 12.0. The van der Waals surface area contributed by atoms with Crippen molar-refractivity contribution in [1.82, 2.24) is 15.0 Å². The van der Waals surface area contributed by atoms with E-state index in [1.165, 1.54) is 24.8 Å². The van der Waals surface area contributed by atoms with Crippen molar-refractivity contribution in [2.75, 3.05) is 11.1 Å². The largest absolute Gasteiger partial charge is 0.383 e. The van der Waals surface area contributed by atoms with Gasteiger partial charge >= 0.3 is 0 Å². The molecule has 6 nitrogen and oxygen atoms in total. The smallest absolute Gasteiger partial charge is 0.259 e. The van der Waals surface area contributed by atoms with Crippen molar-refractivity contribution in [1.29, 1.82) is 0 Å². The Morgan fingerprint density at radius 2 is 1.85 bits per heavy atom.